The number of piperazine rings is 1. The molecule has 4 N–H and O–H groups in total. The molecular formula is C28H55N5O4. The largest absolute Gasteiger partial charge is 0.459 e. The van der Waals surface area contributed by atoms with Crippen molar-refractivity contribution in [1.29, 1.82) is 0 Å². The van der Waals surface area contributed by atoms with Crippen LogP contribution in [0.1, 0.15) is 105 Å². The van der Waals surface area contributed by atoms with Crippen LogP contribution >= 0.6 is 0 Å². The lowest BCUT2D eigenvalue weighted by atomic mass is 10.1. The van der Waals surface area contributed by atoms with E-state index >= 15 is 0 Å². The number of nitrogens with one attached hydrogen (secondary N) is 4. The summed E-state index contributed by atoms with van der Waals surface area (Å²) < 4.78 is 5.16. The Hall–Kier alpha value is -1.87. The zero-order chi connectivity index (χ0) is 27.4. The SMILES string of the molecule is CC(CCCCNC(=O)CCCCCCCCCCN1CCNCC1)NC(=O)NCC(=O)OC(C)(C)C. The molecular weight excluding hydrogens is 470 g/mol. The van der Waals surface area contributed by atoms with E-state index in [1.165, 1.54) is 58.2 Å². The maximum absolute atomic E-state index is 12.0. The first-order chi connectivity index (χ1) is 17.7. The second-order valence-electron chi connectivity index (χ2n) is 11.3. The van der Waals surface area contributed by atoms with Crippen LogP contribution in [0.3, 0.4) is 0 Å². The van der Waals surface area contributed by atoms with E-state index in [4.69, 9.17) is 4.74 Å². The number of nitrogens with zero attached hydrogens (tertiary/aromatic N) is 1. The van der Waals surface area contributed by atoms with Gasteiger partial charge in [-0.05, 0) is 66.3 Å². The number of hydrogen-bond donors (Lipinski definition) is 4. The Labute approximate surface area is 225 Å². The van der Waals surface area contributed by atoms with Crippen molar-refractivity contribution in [2.75, 3.05) is 45.8 Å². The minimum absolute atomic E-state index is 0.0124. The van der Waals surface area contributed by atoms with E-state index < -0.39 is 11.6 Å². The molecule has 9 heteroatoms. The fourth-order valence-corrected chi connectivity index (χ4v) is 4.39. The number of carbonyl (C=O) groups excluding carboxylic acids is 3. The maximum atomic E-state index is 12.0. The number of hydrogen-bond acceptors (Lipinski definition) is 6. The molecule has 0 aromatic heterocycles. The van der Waals surface area contributed by atoms with E-state index in [1.54, 1.807) is 20.8 Å². The zero-order valence-electron chi connectivity index (χ0n) is 24.1. The van der Waals surface area contributed by atoms with Gasteiger partial charge in [-0.15, -0.1) is 0 Å². The van der Waals surface area contributed by atoms with Crippen molar-refractivity contribution in [1.82, 2.24) is 26.2 Å². The highest BCUT2D eigenvalue weighted by atomic mass is 16.6. The highest BCUT2D eigenvalue weighted by molar-refractivity contribution is 5.81. The third kappa shape index (κ3) is 20.8. The molecule has 1 saturated heterocycles. The Morgan fingerprint density at radius 3 is 2.14 bits per heavy atom. The second-order valence-corrected chi connectivity index (χ2v) is 11.3. The minimum Gasteiger partial charge on any atom is -0.459 e. The van der Waals surface area contributed by atoms with Crippen LogP contribution in [0.25, 0.3) is 0 Å². The molecule has 0 bridgehead atoms. The fourth-order valence-electron chi connectivity index (χ4n) is 4.39. The Kier molecular flexibility index (Phi) is 18.0. The van der Waals surface area contributed by atoms with Crippen molar-refractivity contribution in [3.63, 3.8) is 0 Å². The Bertz CT molecular complexity index is 633. The molecule has 1 fully saturated rings. The Balaban J connectivity index is 1.86. The number of rotatable bonds is 19. The van der Waals surface area contributed by atoms with Gasteiger partial charge in [-0.25, -0.2) is 4.79 Å². The summed E-state index contributed by atoms with van der Waals surface area (Å²) in [4.78, 5) is 38.1. The monoisotopic (exact) mass is 525 g/mol. The van der Waals surface area contributed by atoms with E-state index in [0.29, 0.717) is 13.0 Å². The van der Waals surface area contributed by atoms with Crippen molar-refractivity contribution in [3.8, 4) is 0 Å². The molecule has 1 aliphatic heterocycles. The number of urea groups is 1. The van der Waals surface area contributed by atoms with Crippen molar-refractivity contribution in [2.24, 2.45) is 0 Å². The number of ether oxygens (including phenoxy) is 1. The Morgan fingerprint density at radius 1 is 0.865 bits per heavy atom. The maximum Gasteiger partial charge on any atom is 0.325 e. The quantitative estimate of drug-likeness (QED) is 0.151. The summed E-state index contributed by atoms with van der Waals surface area (Å²) in [6.07, 6.45) is 13.1. The van der Waals surface area contributed by atoms with Crippen LogP contribution in [0.15, 0.2) is 0 Å². The lowest BCUT2D eigenvalue weighted by Gasteiger charge is -2.27. The van der Waals surface area contributed by atoms with Gasteiger partial charge in [-0.1, -0.05) is 38.5 Å². The summed E-state index contributed by atoms with van der Waals surface area (Å²) >= 11 is 0. The normalized spacial score (nSPS) is 15.1. The van der Waals surface area contributed by atoms with Gasteiger partial charge in [0.1, 0.15) is 12.1 Å². The molecule has 216 valence electrons. The summed E-state index contributed by atoms with van der Waals surface area (Å²) in [6.45, 7) is 13.7. The van der Waals surface area contributed by atoms with E-state index in [0.717, 1.165) is 45.2 Å². The smallest absolute Gasteiger partial charge is 0.325 e. The zero-order valence-corrected chi connectivity index (χ0v) is 24.1. The number of unbranched alkanes of at least 4 members (excludes halogenated alkanes) is 8. The van der Waals surface area contributed by atoms with Crippen LogP contribution in [0.4, 0.5) is 4.79 Å². The molecule has 0 saturated carbocycles. The highest BCUT2D eigenvalue weighted by Gasteiger charge is 2.17. The van der Waals surface area contributed by atoms with Gasteiger partial charge in [0.2, 0.25) is 5.91 Å². The van der Waals surface area contributed by atoms with Crippen molar-refractivity contribution >= 4 is 17.9 Å². The minimum atomic E-state index is -0.567. The number of carbonyl (C=O) groups is 3. The van der Waals surface area contributed by atoms with Crippen LogP contribution in [0.5, 0.6) is 0 Å². The van der Waals surface area contributed by atoms with Crippen LogP contribution in [-0.2, 0) is 14.3 Å². The van der Waals surface area contributed by atoms with Gasteiger partial charge in [0, 0.05) is 45.2 Å². The standard InChI is InChI=1S/C28H55N5O4/c1-24(32-27(36)31-23-26(35)37-28(2,3)4)15-12-13-17-30-25(34)16-11-9-7-5-6-8-10-14-20-33-21-18-29-19-22-33/h24,29H,5-23H2,1-4H3,(H,30,34)(H2,31,32,36). The predicted octanol–water partition coefficient (Wildman–Crippen LogP) is 3.72. The lowest BCUT2D eigenvalue weighted by Crippen LogP contribution is -2.43. The molecule has 1 rings (SSSR count). The van der Waals surface area contributed by atoms with Crippen molar-refractivity contribution in [3.05, 3.63) is 0 Å². The third-order valence-corrected chi connectivity index (χ3v) is 6.41. The molecule has 1 atom stereocenters. The molecule has 0 aliphatic carbocycles. The van der Waals surface area contributed by atoms with Gasteiger partial charge in [-0.2, -0.15) is 0 Å². The summed E-state index contributed by atoms with van der Waals surface area (Å²) in [7, 11) is 0. The van der Waals surface area contributed by atoms with Gasteiger partial charge >= 0.3 is 12.0 Å². The number of amides is 3. The van der Waals surface area contributed by atoms with Crippen molar-refractivity contribution < 1.29 is 19.1 Å². The van der Waals surface area contributed by atoms with E-state index in [2.05, 4.69) is 26.2 Å². The Morgan fingerprint density at radius 2 is 1.49 bits per heavy atom. The molecule has 37 heavy (non-hydrogen) atoms. The van der Waals surface area contributed by atoms with Gasteiger partial charge in [0.05, 0.1) is 0 Å². The molecule has 1 unspecified atom stereocenters. The van der Waals surface area contributed by atoms with Crippen LogP contribution < -0.4 is 21.3 Å². The first-order valence-corrected chi connectivity index (χ1v) is 14.6. The summed E-state index contributed by atoms with van der Waals surface area (Å²) in [5, 5.41) is 11.7. The van der Waals surface area contributed by atoms with E-state index in [-0.39, 0.29) is 24.5 Å². The molecule has 0 radical (unpaired) electrons. The molecule has 9 nitrogen and oxygen atoms in total. The van der Waals surface area contributed by atoms with Gasteiger partial charge < -0.3 is 30.9 Å². The predicted molar refractivity (Wildman–Crippen MR) is 150 cm³/mol. The van der Waals surface area contributed by atoms with Crippen LogP contribution in [-0.4, -0.2) is 80.3 Å². The molecule has 1 aliphatic rings. The van der Waals surface area contributed by atoms with Crippen LogP contribution in [0.2, 0.25) is 0 Å². The lowest BCUT2D eigenvalue weighted by molar-refractivity contribution is -0.153. The molecule has 3 amide bonds. The average molecular weight is 526 g/mol. The second kappa shape index (κ2) is 20.1. The van der Waals surface area contributed by atoms with E-state index in [9.17, 15) is 14.4 Å². The summed E-state index contributed by atoms with van der Waals surface area (Å²) in [5.74, 6) is -0.320. The van der Waals surface area contributed by atoms with Gasteiger partial charge in [-0.3, -0.25) is 9.59 Å². The molecule has 1 heterocycles. The van der Waals surface area contributed by atoms with Crippen molar-refractivity contribution in [2.45, 2.75) is 116 Å². The first-order valence-electron chi connectivity index (χ1n) is 14.6. The van der Waals surface area contributed by atoms with Gasteiger partial charge in [0.25, 0.3) is 0 Å². The fraction of sp³-hybridized carbons (Fsp3) is 0.893. The highest BCUT2D eigenvalue weighted by Crippen LogP contribution is 2.10. The van der Waals surface area contributed by atoms with Gasteiger partial charge in [0.15, 0.2) is 0 Å². The summed E-state index contributed by atoms with van der Waals surface area (Å²) in [5.41, 5.74) is -0.567. The third-order valence-electron chi connectivity index (χ3n) is 6.41. The first kappa shape index (κ1) is 33.2. The topological polar surface area (TPSA) is 112 Å². The molecule has 0 spiro atoms. The van der Waals surface area contributed by atoms with Crippen LogP contribution in [0, 0.1) is 0 Å². The number of esters is 1. The molecule has 0 aromatic rings. The summed E-state index contributed by atoms with van der Waals surface area (Å²) in [6, 6.07) is -0.390. The average Bonchev–Trinajstić information content (AvgIpc) is 2.83. The van der Waals surface area contributed by atoms with E-state index in [1.807, 2.05) is 6.92 Å². The molecule has 0 aromatic carbocycles.